The molecule has 0 aromatic carbocycles. The topological polar surface area (TPSA) is 41.1 Å². The number of unbranched alkanes of at least 4 members (excludes halogenated alkanes) is 11. The van der Waals surface area contributed by atoms with Gasteiger partial charge in [-0.3, -0.25) is 4.79 Å². The van der Waals surface area contributed by atoms with Gasteiger partial charge in [-0.15, -0.1) is 0 Å². The summed E-state index contributed by atoms with van der Waals surface area (Å²) in [6.07, 6.45) is 31.7. The van der Waals surface area contributed by atoms with Crippen molar-refractivity contribution in [3.63, 3.8) is 0 Å². The highest BCUT2D eigenvalue weighted by atomic mass is 16.1. The Balaban J connectivity index is 2.23. The molecule has 1 rings (SSSR count). The number of carbonyl (C=O) groups excluding carboxylic acids is 1. The SMILES string of the molecule is CCCCCCCC(CCCCCCC)NCC1CCC(C(=O)NCCCC(CC)CCCCCC)CC1. The van der Waals surface area contributed by atoms with Gasteiger partial charge in [-0.25, -0.2) is 0 Å². The molecule has 1 aliphatic carbocycles. The predicted octanol–water partition coefficient (Wildman–Crippen LogP) is 10.4. The average molecular weight is 535 g/mol. The highest BCUT2D eigenvalue weighted by Gasteiger charge is 2.26. The number of rotatable bonds is 26. The predicted molar refractivity (Wildman–Crippen MR) is 169 cm³/mol. The second kappa shape index (κ2) is 25.4. The maximum absolute atomic E-state index is 12.8. The van der Waals surface area contributed by atoms with E-state index in [1.54, 1.807) is 0 Å². The molecule has 1 unspecified atom stereocenters. The van der Waals surface area contributed by atoms with Crippen LogP contribution in [-0.2, 0) is 4.79 Å². The summed E-state index contributed by atoms with van der Waals surface area (Å²) in [6, 6.07) is 0.706. The minimum atomic E-state index is 0.259. The fourth-order valence-electron chi connectivity index (χ4n) is 6.46. The van der Waals surface area contributed by atoms with Crippen LogP contribution in [0.4, 0.5) is 0 Å². The van der Waals surface area contributed by atoms with Gasteiger partial charge in [0.1, 0.15) is 0 Å². The molecule has 38 heavy (non-hydrogen) atoms. The summed E-state index contributed by atoms with van der Waals surface area (Å²) in [6.45, 7) is 11.3. The van der Waals surface area contributed by atoms with Gasteiger partial charge in [-0.05, 0) is 69.7 Å². The van der Waals surface area contributed by atoms with E-state index in [0.717, 1.165) is 37.6 Å². The Hall–Kier alpha value is -0.570. The Morgan fingerprint density at radius 3 is 1.68 bits per heavy atom. The quantitative estimate of drug-likeness (QED) is 0.108. The molecular formula is C35H70N2O. The van der Waals surface area contributed by atoms with Gasteiger partial charge in [0.2, 0.25) is 5.91 Å². The van der Waals surface area contributed by atoms with E-state index in [2.05, 4.69) is 38.3 Å². The van der Waals surface area contributed by atoms with Gasteiger partial charge in [0.25, 0.3) is 0 Å². The zero-order chi connectivity index (χ0) is 27.7. The van der Waals surface area contributed by atoms with Crippen molar-refractivity contribution in [2.24, 2.45) is 17.8 Å². The van der Waals surface area contributed by atoms with E-state index < -0.39 is 0 Å². The second-order valence-electron chi connectivity index (χ2n) is 12.8. The lowest BCUT2D eigenvalue weighted by molar-refractivity contribution is -0.126. The van der Waals surface area contributed by atoms with Crippen LogP contribution in [0.3, 0.4) is 0 Å². The van der Waals surface area contributed by atoms with Crippen molar-refractivity contribution in [1.29, 1.82) is 0 Å². The summed E-state index contributed by atoms with van der Waals surface area (Å²) in [5, 5.41) is 7.29. The second-order valence-corrected chi connectivity index (χ2v) is 12.8. The van der Waals surface area contributed by atoms with Crippen LogP contribution in [0.5, 0.6) is 0 Å². The van der Waals surface area contributed by atoms with Crippen LogP contribution >= 0.6 is 0 Å². The molecule has 1 saturated carbocycles. The largest absolute Gasteiger partial charge is 0.356 e. The first kappa shape index (κ1) is 35.5. The van der Waals surface area contributed by atoms with Gasteiger partial charge >= 0.3 is 0 Å². The van der Waals surface area contributed by atoms with Crippen molar-refractivity contribution in [3.8, 4) is 0 Å². The summed E-state index contributed by atoms with van der Waals surface area (Å²) >= 11 is 0. The van der Waals surface area contributed by atoms with Gasteiger partial charge in [0, 0.05) is 18.5 Å². The zero-order valence-electron chi connectivity index (χ0n) is 26.6. The fourth-order valence-corrected chi connectivity index (χ4v) is 6.46. The van der Waals surface area contributed by atoms with Gasteiger partial charge < -0.3 is 10.6 Å². The molecule has 0 heterocycles. The Bertz CT molecular complexity index is 500. The van der Waals surface area contributed by atoms with Crippen molar-refractivity contribution >= 4 is 5.91 Å². The van der Waals surface area contributed by atoms with E-state index in [4.69, 9.17) is 0 Å². The molecule has 1 aliphatic rings. The maximum atomic E-state index is 12.8. The van der Waals surface area contributed by atoms with Gasteiger partial charge in [0.15, 0.2) is 0 Å². The highest BCUT2D eigenvalue weighted by molar-refractivity contribution is 5.78. The van der Waals surface area contributed by atoms with Crippen LogP contribution in [0.1, 0.15) is 182 Å². The molecule has 0 bridgehead atoms. The summed E-state index contributed by atoms with van der Waals surface area (Å²) < 4.78 is 0. The molecule has 1 atom stereocenters. The maximum Gasteiger partial charge on any atom is 0.223 e. The van der Waals surface area contributed by atoms with Crippen molar-refractivity contribution in [2.75, 3.05) is 13.1 Å². The molecule has 0 radical (unpaired) electrons. The molecular weight excluding hydrogens is 464 g/mol. The summed E-state index contributed by atoms with van der Waals surface area (Å²) in [5.74, 6) is 2.21. The third kappa shape index (κ3) is 18.7. The first-order chi connectivity index (χ1) is 18.6. The van der Waals surface area contributed by atoms with Crippen LogP contribution in [0, 0.1) is 17.8 Å². The van der Waals surface area contributed by atoms with Crippen LogP contribution < -0.4 is 10.6 Å². The van der Waals surface area contributed by atoms with Gasteiger partial charge in [-0.1, -0.05) is 130 Å². The molecule has 1 amide bonds. The Morgan fingerprint density at radius 1 is 0.632 bits per heavy atom. The molecule has 1 fully saturated rings. The minimum absolute atomic E-state index is 0.259. The van der Waals surface area contributed by atoms with E-state index in [0.29, 0.717) is 11.9 Å². The molecule has 0 saturated heterocycles. The van der Waals surface area contributed by atoms with Crippen LogP contribution in [-0.4, -0.2) is 25.0 Å². The van der Waals surface area contributed by atoms with Crippen molar-refractivity contribution in [2.45, 2.75) is 188 Å². The molecule has 0 aromatic heterocycles. The normalized spacial score (nSPS) is 18.7. The molecule has 3 nitrogen and oxygen atoms in total. The van der Waals surface area contributed by atoms with Crippen LogP contribution in [0.2, 0.25) is 0 Å². The van der Waals surface area contributed by atoms with E-state index >= 15 is 0 Å². The number of carbonyl (C=O) groups is 1. The zero-order valence-corrected chi connectivity index (χ0v) is 26.6. The van der Waals surface area contributed by atoms with Crippen molar-refractivity contribution in [3.05, 3.63) is 0 Å². The first-order valence-electron chi connectivity index (χ1n) is 17.6. The highest BCUT2D eigenvalue weighted by Crippen LogP contribution is 2.29. The lowest BCUT2D eigenvalue weighted by atomic mass is 9.81. The lowest BCUT2D eigenvalue weighted by Crippen LogP contribution is -2.37. The lowest BCUT2D eigenvalue weighted by Gasteiger charge is -2.30. The number of nitrogens with one attached hydrogen (secondary N) is 2. The molecule has 0 aliphatic heterocycles. The standard InChI is InChI=1S/C35H70N2O/c1-5-9-12-15-18-23-34(24-19-16-13-10-6-2)37-30-32-25-27-33(28-26-32)35(38)36-29-20-22-31(8-4)21-17-14-11-7-3/h31-34,37H,5-30H2,1-4H3,(H,36,38). The minimum Gasteiger partial charge on any atom is -0.356 e. The molecule has 0 spiro atoms. The van der Waals surface area contributed by atoms with Crippen LogP contribution in [0.25, 0.3) is 0 Å². The molecule has 226 valence electrons. The van der Waals surface area contributed by atoms with E-state index in [9.17, 15) is 4.79 Å². The first-order valence-corrected chi connectivity index (χ1v) is 17.6. The monoisotopic (exact) mass is 535 g/mol. The third-order valence-electron chi connectivity index (χ3n) is 9.36. The summed E-state index contributed by atoms with van der Waals surface area (Å²) in [5.41, 5.74) is 0. The van der Waals surface area contributed by atoms with E-state index in [-0.39, 0.29) is 5.92 Å². The van der Waals surface area contributed by atoms with E-state index in [1.165, 1.54) is 141 Å². The Morgan fingerprint density at radius 2 is 1.13 bits per heavy atom. The van der Waals surface area contributed by atoms with E-state index in [1.807, 2.05) is 0 Å². The molecule has 3 heteroatoms. The average Bonchev–Trinajstić information content (AvgIpc) is 2.94. The number of hydrogen-bond donors (Lipinski definition) is 2. The number of hydrogen-bond acceptors (Lipinski definition) is 2. The van der Waals surface area contributed by atoms with Crippen molar-refractivity contribution in [1.82, 2.24) is 10.6 Å². The van der Waals surface area contributed by atoms with Gasteiger partial charge in [0.05, 0.1) is 0 Å². The molecule has 0 aromatic rings. The fraction of sp³-hybridized carbons (Fsp3) is 0.971. The molecule has 2 N–H and O–H groups in total. The van der Waals surface area contributed by atoms with Crippen molar-refractivity contribution < 1.29 is 4.79 Å². The summed E-state index contributed by atoms with van der Waals surface area (Å²) in [7, 11) is 0. The smallest absolute Gasteiger partial charge is 0.223 e. The number of amides is 1. The summed E-state index contributed by atoms with van der Waals surface area (Å²) in [4.78, 5) is 12.8. The Kier molecular flexibility index (Phi) is 23.7. The third-order valence-corrected chi connectivity index (χ3v) is 9.36. The van der Waals surface area contributed by atoms with Crippen LogP contribution in [0.15, 0.2) is 0 Å². The van der Waals surface area contributed by atoms with Gasteiger partial charge in [-0.2, -0.15) is 0 Å². The Labute approximate surface area is 239 Å².